The van der Waals surface area contributed by atoms with E-state index in [1.54, 1.807) is 0 Å². The average molecular weight is 325 g/mol. The molecule has 2 nitrogen and oxygen atoms in total. The molecule has 0 bridgehead atoms. The lowest BCUT2D eigenvalue weighted by Crippen LogP contribution is -2.14. The number of nitrogens with zero attached hydrogens (tertiary/aromatic N) is 1. The van der Waals surface area contributed by atoms with Gasteiger partial charge in [-0.3, -0.25) is 4.98 Å². The number of pyridine rings is 1. The molecule has 2 rings (SSSR count). The first-order valence-corrected chi connectivity index (χ1v) is 9.61. The summed E-state index contributed by atoms with van der Waals surface area (Å²) in [6.45, 7) is 4.35. The summed E-state index contributed by atoms with van der Waals surface area (Å²) in [5.41, 5.74) is 3.56. The van der Waals surface area contributed by atoms with Gasteiger partial charge >= 0.3 is 0 Å². The molecule has 0 saturated carbocycles. The molecule has 0 aliphatic heterocycles. The summed E-state index contributed by atoms with van der Waals surface area (Å²) < 4.78 is 0. The summed E-state index contributed by atoms with van der Waals surface area (Å²) >= 11 is 0. The van der Waals surface area contributed by atoms with Crippen molar-refractivity contribution in [3.8, 4) is 11.3 Å². The van der Waals surface area contributed by atoms with Gasteiger partial charge in [-0.1, -0.05) is 82.2 Å². The van der Waals surface area contributed by atoms with Crippen LogP contribution in [0.2, 0.25) is 0 Å². The second-order valence-corrected chi connectivity index (χ2v) is 6.56. The molecule has 0 unspecified atom stereocenters. The third kappa shape index (κ3) is 7.27. The van der Waals surface area contributed by atoms with Crippen molar-refractivity contribution >= 4 is 0 Å². The van der Waals surface area contributed by atoms with Crippen molar-refractivity contribution in [1.82, 2.24) is 10.3 Å². The monoisotopic (exact) mass is 324 g/mol. The zero-order valence-corrected chi connectivity index (χ0v) is 15.1. The first-order chi connectivity index (χ1) is 11.9. The number of rotatable bonds is 12. The van der Waals surface area contributed by atoms with Crippen LogP contribution in [0.1, 0.15) is 63.9 Å². The van der Waals surface area contributed by atoms with Gasteiger partial charge in [-0.2, -0.15) is 0 Å². The van der Waals surface area contributed by atoms with E-state index in [0.29, 0.717) is 0 Å². The molecular formula is C22H32N2. The average Bonchev–Trinajstić information content (AvgIpc) is 2.64. The number of hydrogen-bond acceptors (Lipinski definition) is 2. The molecule has 0 fully saturated rings. The Morgan fingerprint density at radius 3 is 2.17 bits per heavy atom. The molecular weight excluding hydrogens is 292 g/mol. The van der Waals surface area contributed by atoms with Crippen molar-refractivity contribution in [2.75, 3.05) is 6.54 Å². The summed E-state index contributed by atoms with van der Waals surface area (Å²) in [5, 5.41) is 3.56. The van der Waals surface area contributed by atoms with Crippen LogP contribution >= 0.6 is 0 Å². The van der Waals surface area contributed by atoms with E-state index in [1.165, 1.54) is 62.5 Å². The predicted molar refractivity (Wildman–Crippen MR) is 104 cm³/mol. The van der Waals surface area contributed by atoms with Gasteiger partial charge in [0.05, 0.1) is 5.69 Å². The highest BCUT2D eigenvalue weighted by Crippen LogP contribution is 2.16. The first kappa shape index (κ1) is 18.7. The largest absolute Gasteiger partial charge is 0.313 e. The maximum absolute atomic E-state index is 4.39. The SMILES string of the molecule is CCCCCCCCCCNCc1ccc(-c2ccccn2)cc1. The second-order valence-electron chi connectivity index (χ2n) is 6.56. The fourth-order valence-electron chi connectivity index (χ4n) is 2.94. The summed E-state index contributed by atoms with van der Waals surface area (Å²) in [6, 6.07) is 14.8. The Kier molecular flexibility index (Phi) is 9.18. The smallest absolute Gasteiger partial charge is 0.0701 e. The van der Waals surface area contributed by atoms with Crippen LogP contribution in [0.3, 0.4) is 0 Å². The molecule has 0 atom stereocenters. The van der Waals surface area contributed by atoms with Gasteiger partial charge in [-0.05, 0) is 30.7 Å². The molecule has 2 aromatic rings. The number of benzene rings is 1. The van der Waals surface area contributed by atoms with Crippen LogP contribution in [0.5, 0.6) is 0 Å². The van der Waals surface area contributed by atoms with Crippen LogP contribution in [0.4, 0.5) is 0 Å². The van der Waals surface area contributed by atoms with E-state index in [0.717, 1.165) is 18.8 Å². The van der Waals surface area contributed by atoms with E-state index in [1.807, 2.05) is 18.3 Å². The molecule has 1 heterocycles. The highest BCUT2D eigenvalue weighted by atomic mass is 14.8. The normalized spacial score (nSPS) is 10.9. The predicted octanol–water partition coefficient (Wildman–Crippen LogP) is 5.98. The van der Waals surface area contributed by atoms with Gasteiger partial charge in [0.15, 0.2) is 0 Å². The van der Waals surface area contributed by atoms with Crippen molar-refractivity contribution in [3.05, 3.63) is 54.2 Å². The van der Waals surface area contributed by atoms with E-state index >= 15 is 0 Å². The summed E-state index contributed by atoms with van der Waals surface area (Å²) in [5.74, 6) is 0. The van der Waals surface area contributed by atoms with Crippen molar-refractivity contribution in [1.29, 1.82) is 0 Å². The highest BCUT2D eigenvalue weighted by molar-refractivity contribution is 5.58. The Bertz CT molecular complexity index is 534. The van der Waals surface area contributed by atoms with E-state index in [9.17, 15) is 0 Å². The molecule has 0 spiro atoms. The minimum Gasteiger partial charge on any atom is -0.313 e. The Morgan fingerprint density at radius 2 is 1.50 bits per heavy atom. The Balaban J connectivity index is 1.55. The number of aromatic nitrogens is 1. The van der Waals surface area contributed by atoms with Crippen molar-refractivity contribution in [2.24, 2.45) is 0 Å². The molecule has 1 N–H and O–H groups in total. The lowest BCUT2D eigenvalue weighted by molar-refractivity contribution is 0.555. The zero-order chi connectivity index (χ0) is 16.9. The van der Waals surface area contributed by atoms with E-state index < -0.39 is 0 Å². The Labute approximate surface area is 147 Å². The molecule has 1 aromatic carbocycles. The minimum absolute atomic E-state index is 0.957. The van der Waals surface area contributed by atoms with E-state index in [2.05, 4.69) is 47.6 Å². The summed E-state index contributed by atoms with van der Waals surface area (Å²) in [4.78, 5) is 4.39. The van der Waals surface area contributed by atoms with Crippen molar-refractivity contribution in [2.45, 2.75) is 64.8 Å². The highest BCUT2D eigenvalue weighted by Gasteiger charge is 1.98. The lowest BCUT2D eigenvalue weighted by atomic mass is 10.1. The number of unbranched alkanes of at least 4 members (excludes halogenated alkanes) is 7. The first-order valence-electron chi connectivity index (χ1n) is 9.61. The zero-order valence-electron chi connectivity index (χ0n) is 15.1. The molecule has 0 radical (unpaired) electrons. The van der Waals surface area contributed by atoms with Gasteiger partial charge in [0.1, 0.15) is 0 Å². The van der Waals surface area contributed by atoms with Crippen molar-refractivity contribution in [3.63, 3.8) is 0 Å². The topological polar surface area (TPSA) is 24.9 Å². The maximum atomic E-state index is 4.39. The molecule has 0 saturated heterocycles. The fraction of sp³-hybridized carbons (Fsp3) is 0.500. The van der Waals surface area contributed by atoms with Crippen LogP contribution in [0.15, 0.2) is 48.7 Å². The molecule has 0 amide bonds. The fourth-order valence-corrected chi connectivity index (χ4v) is 2.94. The van der Waals surface area contributed by atoms with E-state index in [-0.39, 0.29) is 0 Å². The van der Waals surface area contributed by atoms with Gasteiger partial charge < -0.3 is 5.32 Å². The second kappa shape index (κ2) is 11.8. The quantitative estimate of drug-likeness (QED) is 0.486. The van der Waals surface area contributed by atoms with Gasteiger partial charge in [0.25, 0.3) is 0 Å². The maximum Gasteiger partial charge on any atom is 0.0701 e. The van der Waals surface area contributed by atoms with Crippen LogP contribution in [0.25, 0.3) is 11.3 Å². The molecule has 130 valence electrons. The van der Waals surface area contributed by atoms with Crippen molar-refractivity contribution < 1.29 is 0 Å². The molecule has 2 heteroatoms. The lowest BCUT2D eigenvalue weighted by Gasteiger charge is -2.06. The standard InChI is InChI=1S/C22H32N2/c1-2-3-4-5-6-7-8-10-17-23-19-20-13-15-21(16-14-20)22-12-9-11-18-24-22/h9,11-16,18,23H,2-8,10,17,19H2,1H3. The summed E-state index contributed by atoms with van der Waals surface area (Å²) in [6.07, 6.45) is 12.9. The molecule has 0 aliphatic carbocycles. The molecule has 24 heavy (non-hydrogen) atoms. The Morgan fingerprint density at radius 1 is 0.792 bits per heavy atom. The Hall–Kier alpha value is -1.67. The van der Waals surface area contributed by atoms with Gasteiger partial charge in [-0.15, -0.1) is 0 Å². The minimum atomic E-state index is 0.957. The summed E-state index contributed by atoms with van der Waals surface area (Å²) in [7, 11) is 0. The van der Waals surface area contributed by atoms with Crippen LogP contribution in [-0.2, 0) is 6.54 Å². The van der Waals surface area contributed by atoms with Gasteiger partial charge in [0.2, 0.25) is 0 Å². The van der Waals surface area contributed by atoms with E-state index in [4.69, 9.17) is 0 Å². The molecule has 1 aromatic heterocycles. The van der Waals surface area contributed by atoms with Crippen LogP contribution in [-0.4, -0.2) is 11.5 Å². The van der Waals surface area contributed by atoms with Gasteiger partial charge in [0, 0.05) is 18.3 Å². The van der Waals surface area contributed by atoms with Crippen LogP contribution in [0, 0.1) is 0 Å². The number of nitrogens with one attached hydrogen (secondary N) is 1. The third-order valence-corrected chi connectivity index (χ3v) is 4.45. The third-order valence-electron chi connectivity index (χ3n) is 4.45. The van der Waals surface area contributed by atoms with Crippen LogP contribution < -0.4 is 5.32 Å². The molecule has 0 aliphatic rings. The van der Waals surface area contributed by atoms with Gasteiger partial charge in [-0.25, -0.2) is 0 Å². The number of hydrogen-bond donors (Lipinski definition) is 1.